The topological polar surface area (TPSA) is 75.4 Å². The zero-order valence-corrected chi connectivity index (χ0v) is 13.4. The molecule has 7 heteroatoms. The van der Waals surface area contributed by atoms with Gasteiger partial charge in [0.25, 0.3) is 5.91 Å². The number of rotatable bonds is 5. The molecule has 6 nitrogen and oxygen atoms in total. The molecule has 1 aromatic heterocycles. The Morgan fingerprint density at radius 2 is 2.19 bits per heavy atom. The molecule has 0 aromatic carbocycles. The monoisotopic (exact) mass is 311 g/mol. The van der Waals surface area contributed by atoms with Crippen LogP contribution in [0.4, 0.5) is 0 Å². The summed E-state index contributed by atoms with van der Waals surface area (Å²) in [5.74, 6) is -0.725. The maximum atomic E-state index is 12.8. The van der Waals surface area contributed by atoms with Crippen LogP contribution in [0.5, 0.6) is 0 Å². The first kappa shape index (κ1) is 15.9. The van der Waals surface area contributed by atoms with Crippen molar-refractivity contribution in [3.8, 4) is 0 Å². The average Bonchev–Trinajstić information content (AvgIpc) is 3.02. The lowest BCUT2D eigenvalue weighted by molar-refractivity contribution is -0.141. The van der Waals surface area contributed by atoms with E-state index in [1.54, 1.807) is 29.6 Å². The minimum Gasteiger partial charge on any atom is -0.480 e. The molecule has 1 aliphatic rings. The van der Waals surface area contributed by atoms with Gasteiger partial charge < -0.3 is 10.0 Å². The quantitative estimate of drug-likeness (QED) is 0.896. The summed E-state index contributed by atoms with van der Waals surface area (Å²) >= 11 is 1.55. The number of carbonyl (C=O) groups is 2. The molecule has 1 saturated heterocycles. The number of aliphatic carboxylic acids is 1. The highest BCUT2D eigenvalue weighted by Gasteiger charge is 2.42. The van der Waals surface area contributed by atoms with E-state index in [-0.39, 0.29) is 11.3 Å². The third-order valence-corrected chi connectivity index (χ3v) is 5.02. The van der Waals surface area contributed by atoms with Crippen LogP contribution in [0.2, 0.25) is 0 Å². The molecule has 1 aromatic rings. The zero-order chi connectivity index (χ0) is 15.6. The van der Waals surface area contributed by atoms with Crippen molar-refractivity contribution in [3.63, 3.8) is 0 Å². The summed E-state index contributed by atoms with van der Waals surface area (Å²) in [4.78, 5) is 25.7. The van der Waals surface area contributed by atoms with E-state index in [0.29, 0.717) is 11.4 Å². The molecule has 21 heavy (non-hydrogen) atoms. The molecule has 0 radical (unpaired) electrons. The smallest absolute Gasteiger partial charge is 0.327 e. The van der Waals surface area contributed by atoms with Gasteiger partial charge in [-0.05, 0) is 18.9 Å². The lowest BCUT2D eigenvalue weighted by atomic mass is 10.2. The molecule has 0 bridgehead atoms. The third-order valence-electron chi connectivity index (χ3n) is 3.66. The van der Waals surface area contributed by atoms with Gasteiger partial charge in [-0.25, -0.2) is 4.79 Å². The van der Waals surface area contributed by atoms with Crippen LogP contribution < -0.4 is 0 Å². The Balaban J connectivity index is 2.31. The molecule has 0 aliphatic carbocycles. The first-order valence-corrected chi connectivity index (χ1v) is 8.24. The second kappa shape index (κ2) is 6.51. The Kier molecular flexibility index (Phi) is 4.92. The number of carboxylic acid groups (broad SMARTS) is 1. The van der Waals surface area contributed by atoms with Crippen LogP contribution in [-0.4, -0.2) is 48.8 Å². The molecule has 2 heterocycles. The van der Waals surface area contributed by atoms with E-state index >= 15 is 0 Å². The highest BCUT2D eigenvalue weighted by Crippen LogP contribution is 2.33. The van der Waals surface area contributed by atoms with Crippen LogP contribution in [0, 0.1) is 0 Å². The van der Waals surface area contributed by atoms with Gasteiger partial charge in [0, 0.05) is 12.8 Å². The number of nitrogens with zero attached hydrogens (tertiary/aromatic N) is 3. The lowest BCUT2D eigenvalue weighted by Gasteiger charge is -2.27. The molecule has 1 aliphatic heterocycles. The number of thioether (sulfide) groups is 1. The molecule has 1 fully saturated rings. The minimum atomic E-state index is -0.938. The molecule has 1 amide bonds. The highest BCUT2D eigenvalue weighted by atomic mass is 32.2. The summed E-state index contributed by atoms with van der Waals surface area (Å²) < 4.78 is 1.55. The minimum absolute atomic E-state index is 0.0661. The van der Waals surface area contributed by atoms with Gasteiger partial charge in [0.05, 0.1) is 11.1 Å². The fraction of sp³-hybridized carbons (Fsp3) is 0.643. The van der Waals surface area contributed by atoms with Crippen LogP contribution in [0.3, 0.4) is 0 Å². The Morgan fingerprint density at radius 3 is 2.71 bits per heavy atom. The van der Waals surface area contributed by atoms with Crippen molar-refractivity contribution in [1.29, 1.82) is 0 Å². The predicted molar refractivity (Wildman–Crippen MR) is 81.3 cm³/mol. The largest absolute Gasteiger partial charge is 0.480 e. The molecular formula is C14H21N3O3S. The maximum Gasteiger partial charge on any atom is 0.327 e. The van der Waals surface area contributed by atoms with E-state index in [0.717, 1.165) is 25.0 Å². The van der Waals surface area contributed by atoms with Crippen LogP contribution in [-0.2, 0) is 18.3 Å². The number of amides is 1. The highest BCUT2D eigenvalue weighted by molar-refractivity contribution is 8.00. The molecule has 2 atom stereocenters. The number of hydrogen-bond donors (Lipinski definition) is 1. The second-order valence-electron chi connectivity index (χ2n) is 5.14. The molecule has 116 valence electrons. The standard InChI is InChI=1S/C14H21N3O3S/c1-4-6-12-17(11(8-21-12)14(19)20)13(18)10-7-9(5-2)15-16(10)3/h7,11-12H,4-6,8H2,1-3H3,(H,19,20). The van der Waals surface area contributed by atoms with E-state index in [1.165, 1.54) is 4.90 Å². The maximum absolute atomic E-state index is 12.8. The molecule has 2 unspecified atom stereocenters. The van der Waals surface area contributed by atoms with Crippen molar-refractivity contribution < 1.29 is 14.7 Å². The van der Waals surface area contributed by atoms with Gasteiger partial charge in [-0.1, -0.05) is 20.3 Å². The van der Waals surface area contributed by atoms with E-state index in [2.05, 4.69) is 5.10 Å². The van der Waals surface area contributed by atoms with Crippen molar-refractivity contribution in [1.82, 2.24) is 14.7 Å². The summed E-state index contributed by atoms with van der Waals surface area (Å²) in [6.07, 6.45) is 2.47. The third kappa shape index (κ3) is 3.07. The van der Waals surface area contributed by atoms with Crippen molar-refractivity contribution >= 4 is 23.6 Å². The van der Waals surface area contributed by atoms with Crippen molar-refractivity contribution in [2.75, 3.05) is 5.75 Å². The number of aryl methyl sites for hydroxylation is 2. The van der Waals surface area contributed by atoms with Crippen LogP contribution in [0.1, 0.15) is 42.9 Å². The first-order chi connectivity index (χ1) is 9.99. The van der Waals surface area contributed by atoms with Gasteiger partial charge in [0.15, 0.2) is 0 Å². The van der Waals surface area contributed by atoms with Crippen molar-refractivity contribution in [2.24, 2.45) is 7.05 Å². The van der Waals surface area contributed by atoms with E-state index in [4.69, 9.17) is 0 Å². The van der Waals surface area contributed by atoms with Crippen molar-refractivity contribution in [2.45, 2.75) is 44.5 Å². The Bertz CT molecular complexity index is 544. The van der Waals surface area contributed by atoms with Gasteiger partial charge in [-0.2, -0.15) is 5.10 Å². The number of hydrogen-bond acceptors (Lipinski definition) is 4. The fourth-order valence-electron chi connectivity index (χ4n) is 2.53. The second-order valence-corrected chi connectivity index (χ2v) is 6.35. The summed E-state index contributed by atoms with van der Waals surface area (Å²) in [5, 5.41) is 13.6. The van der Waals surface area contributed by atoms with Crippen molar-refractivity contribution in [3.05, 3.63) is 17.5 Å². The summed E-state index contributed by atoms with van der Waals surface area (Å²) in [6, 6.07) is 1.01. The Morgan fingerprint density at radius 1 is 1.48 bits per heavy atom. The summed E-state index contributed by atoms with van der Waals surface area (Å²) in [6.45, 7) is 4.01. The zero-order valence-electron chi connectivity index (χ0n) is 12.6. The normalized spacial score (nSPS) is 21.8. The van der Waals surface area contributed by atoms with E-state index in [9.17, 15) is 14.7 Å². The van der Waals surface area contributed by atoms with Gasteiger partial charge >= 0.3 is 5.97 Å². The number of aromatic nitrogens is 2. The van der Waals surface area contributed by atoms with Gasteiger partial charge in [0.2, 0.25) is 0 Å². The average molecular weight is 311 g/mol. The van der Waals surface area contributed by atoms with Crippen LogP contribution in [0.25, 0.3) is 0 Å². The van der Waals surface area contributed by atoms with Gasteiger partial charge in [0.1, 0.15) is 11.7 Å². The van der Waals surface area contributed by atoms with E-state index in [1.807, 2.05) is 13.8 Å². The predicted octanol–water partition coefficient (Wildman–Crippen LogP) is 1.75. The summed E-state index contributed by atoms with van der Waals surface area (Å²) in [7, 11) is 1.72. The fourth-order valence-corrected chi connectivity index (χ4v) is 4.04. The molecule has 0 spiro atoms. The van der Waals surface area contributed by atoms with Gasteiger partial charge in [-0.3, -0.25) is 9.48 Å². The molecule has 1 N–H and O–H groups in total. The van der Waals surface area contributed by atoms with E-state index < -0.39 is 12.0 Å². The van der Waals surface area contributed by atoms with Crippen LogP contribution >= 0.6 is 11.8 Å². The SMILES string of the molecule is CCCC1SCC(C(=O)O)N1C(=O)c1cc(CC)nn1C. The van der Waals surface area contributed by atoms with Crippen LogP contribution in [0.15, 0.2) is 6.07 Å². The summed E-state index contributed by atoms with van der Waals surface area (Å²) in [5.41, 5.74) is 1.30. The first-order valence-electron chi connectivity index (χ1n) is 7.19. The Labute approximate surface area is 128 Å². The number of carbonyl (C=O) groups excluding carboxylic acids is 1. The molecule has 2 rings (SSSR count). The molecule has 0 saturated carbocycles. The van der Waals surface area contributed by atoms with Gasteiger partial charge in [-0.15, -0.1) is 11.8 Å². The number of carboxylic acids is 1. The lowest BCUT2D eigenvalue weighted by Crippen LogP contribution is -2.46. The molecular weight excluding hydrogens is 290 g/mol. The Hall–Kier alpha value is -1.50.